The van der Waals surface area contributed by atoms with Crippen molar-refractivity contribution < 1.29 is 17.8 Å². The fourth-order valence-corrected chi connectivity index (χ4v) is 3.61. The van der Waals surface area contributed by atoms with Crippen LogP contribution >= 0.6 is 0 Å². The second-order valence-corrected chi connectivity index (χ2v) is 6.74. The molecule has 3 rings (SSSR count). The summed E-state index contributed by atoms with van der Waals surface area (Å²) in [6.45, 7) is 2.20. The van der Waals surface area contributed by atoms with Crippen molar-refractivity contribution in [3.8, 4) is 0 Å². The molecule has 0 aliphatic carbocycles. The average molecular weight is 329 g/mol. The molecule has 1 heterocycles. The van der Waals surface area contributed by atoms with Crippen molar-refractivity contribution in [1.29, 1.82) is 0 Å². The molecule has 118 valence electrons. The number of rotatable bonds is 4. The van der Waals surface area contributed by atoms with Crippen LogP contribution in [-0.4, -0.2) is 23.8 Å². The van der Waals surface area contributed by atoms with E-state index < -0.39 is 10.1 Å². The number of fused-ring (bicyclic) bond motifs is 1. The number of para-hydroxylation sites is 1. The third kappa shape index (κ3) is 2.78. The summed E-state index contributed by atoms with van der Waals surface area (Å²) in [6.07, 6.45) is 0.469. The molecule has 0 saturated heterocycles. The zero-order valence-electron chi connectivity index (χ0n) is 12.4. The van der Waals surface area contributed by atoms with Gasteiger partial charge in [0.1, 0.15) is 0 Å². The minimum absolute atomic E-state index is 0.0183. The molecule has 5 nitrogen and oxygen atoms in total. The summed E-state index contributed by atoms with van der Waals surface area (Å²) in [4.78, 5) is 11.4. The van der Waals surface area contributed by atoms with Gasteiger partial charge in [0.25, 0.3) is 0 Å². The first-order chi connectivity index (χ1) is 10.9. The molecule has 6 heteroatoms. The highest BCUT2D eigenvalue weighted by molar-refractivity contribution is 7.85. The molecule has 23 heavy (non-hydrogen) atoms. The lowest BCUT2D eigenvalue weighted by Gasteiger charge is -2.10. The van der Waals surface area contributed by atoms with Gasteiger partial charge in [0.05, 0.1) is 11.1 Å². The van der Waals surface area contributed by atoms with Crippen LogP contribution in [-0.2, 0) is 16.7 Å². The third-order valence-electron chi connectivity index (χ3n) is 3.78. The summed E-state index contributed by atoms with van der Waals surface area (Å²) in [5.74, 6) is 0. The lowest BCUT2D eigenvalue weighted by molar-refractivity contribution is 0.112. The molecular formula is C17H15NO4S. The van der Waals surface area contributed by atoms with E-state index in [1.54, 1.807) is 24.3 Å². The largest absolute Gasteiger partial charge is 0.325 e. The molecule has 1 aromatic heterocycles. The highest BCUT2D eigenvalue weighted by Crippen LogP contribution is 2.29. The number of hydrogen-bond acceptors (Lipinski definition) is 3. The van der Waals surface area contributed by atoms with Gasteiger partial charge in [0.15, 0.2) is 11.3 Å². The second kappa shape index (κ2) is 5.64. The molecule has 0 amide bonds. The van der Waals surface area contributed by atoms with Crippen LogP contribution in [0.15, 0.2) is 53.6 Å². The van der Waals surface area contributed by atoms with Gasteiger partial charge in [-0.25, -0.2) is 0 Å². The quantitative estimate of drug-likeness (QED) is 0.589. The second-order valence-electron chi connectivity index (χ2n) is 5.40. The van der Waals surface area contributed by atoms with Crippen molar-refractivity contribution in [2.45, 2.75) is 18.5 Å². The van der Waals surface area contributed by atoms with Gasteiger partial charge in [0.2, 0.25) is 0 Å². The highest BCUT2D eigenvalue weighted by Gasteiger charge is 2.25. The molecule has 0 unspecified atom stereocenters. The van der Waals surface area contributed by atoms with E-state index in [2.05, 4.69) is 0 Å². The third-order valence-corrected chi connectivity index (χ3v) is 4.71. The van der Waals surface area contributed by atoms with Crippen molar-refractivity contribution in [3.05, 3.63) is 65.2 Å². The Hall–Kier alpha value is -2.44. The first-order valence-corrected chi connectivity index (χ1v) is 8.45. The van der Waals surface area contributed by atoms with Gasteiger partial charge in [-0.05, 0) is 18.6 Å². The fraction of sp³-hybridized carbons (Fsp3) is 0.118. The predicted molar refractivity (Wildman–Crippen MR) is 87.4 cm³/mol. The fourth-order valence-electron chi connectivity index (χ4n) is 2.73. The zero-order chi connectivity index (χ0) is 16.6. The van der Waals surface area contributed by atoms with Gasteiger partial charge >= 0.3 is 10.1 Å². The molecule has 0 radical (unpaired) electrons. The Morgan fingerprint density at radius 2 is 1.74 bits per heavy atom. The molecule has 0 fully saturated rings. The summed E-state index contributed by atoms with van der Waals surface area (Å²) in [5, 5.41) is 0.136. The van der Waals surface area contributed by atoms with Gasteiger partial charge in [0, 0.05) is 11.9 Å². The lowest BCUT2D eigenvalue weighted by Crippen LogP contribution is -2.11. The molecular weight excluding hydrogens is 314 g/mol. The SMILES string of the molecule is Cc1ccc(Cn2c(S(=O)(=O)O)c(C=O)c3ccccc32)cc1. The molecule has 0 saturated carbocycles. The summed E-state index contributed by atoms with van der Waals surface area (Å²) >= 11 is 0. The number of aldehydes is 1. The number of hydrogen-bond donors (Lipinski definition) is 1. The Morgan fingerprint density at radius 1 is 1.09 bits per heavy atom. The number of nitrogens with zero attached hydrogens (tertiary/aromatic N) is 1. The Labute approximate surface area is 133 Å². The van der Waals surface area contributed by atoms with Crippen molar-refractivity contribution in [2.75, 3.05) is 0 Å². The monoisotopic (exact) mass is 329 g/mol. The van der Waals surface area contributed by atoms with Crippen LogP contribution in [0.5, 0.6) is 0 Å². The molecule has 0 bridgehead atoms. The molecule has 0 aliphatic rings. The summed E-state index contributed by atoms with van der Waals surface area (Å²) in [7, 11) is -4.53. The number of carbonyl (C=O) groups excluding carboxylic acids is 1. The maximum atomic E-state index is 11.8. The van der Waals surface area contributed by atoms with E-state index in [9.17, 15) is 17.8 Å². The number of benzene rings is 2. The van der Waals surface area contributed by atoms with E-state index in [1.807, 2.05) is 31.2 Å². The zero-order valence-corrected chi connectivity index (χ0v) is 13.2. The van der Waals surface area contributed by atoms with Crippen LogP contribution in [0, 0.1) is 6.92 Å². The van der Waals surface area contributed by atoms with Gasteiger partial charge in [-0.15, -0.1) is 0 Å². The molecule has 0 spiro atoms. The first-order valence-electron chi connectivity index (χ1n) is 7.01. The number of aryl methyl sites for hydroxylation is 1. The van der Waals surface area contributed by atoms with Gasteiger partial charge < -0.3 is 4.57 Å². The highest BCUT2D eigenvalue weighted by atomic mass is 32.2. The van der Waals surface area contributed by atoms with E-state index in [0.29, 0.717) is 17.2 Å². The minimum Gasteiger partial charge on any atom is -0.325 e. The van der Waals surface area contributed by atoms with Crippen LogP contribution < -0.4 is 0 Å². The summed E-state index contributed by atoms with van der Waals surface area (Å²) in [5.41, 5.74) is 2.53. The van der Waals surface area contributed by atoms with Crippen molar-refractivity contribution in [1.82, 2.24) is 4.57 Å². The normalized spacial score (nSPS) is 11.7. The maximum absolute atomic E-state index is 11.8. The van der Waals surface area contributed by atoms with Gasteiger partial charge in [-0.3, -0.25) is 9.35 Å². The molecule has 0 atom stereocenters. The first kappa shape index (κ1) is 15.5. The van der Waals surface area contributed by atoms with E-state index in [0.717, 1.165) is 11.1 Å². The van der Waals surface area contributed by atoms with Crippen LogP contribution in [0.1, 0.15) is 21.5 Å². The molecule has 0 aliphatic heterocycles. The van der Waals surface area contributed by atoms with Gasteiger partial charge in [-0.2, -0.15) is 8.42 Å². The molecule has 2 aromatic carbocycles. The minimum atomic E-state index is -4.53. The average Bonchev–Trinajstić information content (AvgIpc) is 2.83. The van der Waals surface area contributed by atoms with E-state index in [1.165, 1.54) is 4.57 Å². The van der Waals surface area contributed by atoms with Crippen LogP contribution in [0.4, 0.5) is 0 Å². The van der Waals surface area contributed by atoms with E-state index in [-0.39, 0.29) is 17.1 Å². The van der Waals surface area contributed by atoms with Crippen LogP contribution in [0.2, 0.25) is 0 Å². The molecule has 3 aromatic rings. The predicted octanol–water partition coefficient (Wildman–Crippen LogP) is 3.06. The lowest BCUT2D eigenvalue weighted by atomic mass is 10.1. The standard InChI is InChI=1S/C17H15NO4S/c1-12-6-8-13(9-7-12)10-18-16-5-3-2-4-14(16)15(11-19)17(18)23(20,21)22/h2-9,11H,10H2,1H3,(H,20,21,22). The maximum Gasteiger partial charge on any atom is 0.311 e. The Kier molecular flexibility index (Phi) is 3.79. The van der Waals surface area contributed by atoms with Crippen LogP contribution in [0.25, 0.3) is 10.9 Å². The van der Waals surface area contributed by atoms with Gasteiger partial charge in [-0.1, -0.05) is 48.0 Å². The molecule has 1 N–H and O–H groups in total. The summed E-state index contributed by atoms with van der Waals surface area (Å²) in [6, 6.07) is 14.5. The van der Waals surface area contributed by atoms with Crippen LogP contribution in [0.3, 0.4) is 0 Å². The van der Waals surface area contributed by atoms with E-state index >= 15 is 0 Å². The van der Waals surface area contributed by atoms with Crippen molar-refractivity contribution >= 4 is 27.3 Å². The van der Waals surface area contributed by atoms with Crippen molar-refractivity contribution in [2.24, 2.45) is 0 Å². The smallest absolute Gasteiger partial charge is 0.311 e. The number of aromatic nitrogens is 1. The topological polar surface area (TPSA) is 76.4 Å². The Bertz CT molecular complexity index is 985. The number of carbonyl (C=O) groups is 1. The van der Waals surface area contributed by atoms with Crippen molar-refractivity contribution in [3.63, 3.8) is 0 Å². The Morgan fingerprint density at radius 3 is 2.35 bits per heavy atom. The van der Waals surface area contributed by atoms with E-state index in [4.69, 9.17) is 0 Å². The summed E-state index contributed by atoms with van der Waals surface area (Å²) < 4.78 is 34.7. The Balaban J connectivity index is 2.30.